The van der Waals surface area contributed by atoms with E-state index in [4.69, 9.17) is 27.9 Å². The van der Waals surface area contributed by atoms with E-state index in [9.17, 15) is 4.39 Å². The lowest BCUT2D eigenvalue weighted by Crippen LogP contribution is -2.23. The smallest absolute Gasteiger partial charge is 0.197 e. The van der Waals surface area contributed by atoms with E-state index >= 15 is 0 Å². The number of hydrogen-bond donors (Lipinski definition) is 0. The molecule has 1 fully saturated rings. The van der Waals surface area contributed by atoms with Crippen LogP contribution < -0.4 is 0 Å². The summed E-state index contributed by atoms with van der Waals surface area (Å²) in [6.45, 7) is 2.49. The standard InChI is InChI=1S/C9H9Cl2FN2O/c1-9(3-2-4-15-9)8-13-6(10)5(12)7(11)14-8/h2-4H2,1H3. The summed E-state index contributed by atoms with van der Waals surface area (Å²) in [5.41, 5.74) is -0.596. The van der Waals surface area contributed by atoms with Gasteiger partial charge in [0.1, 0.15) is 5.60 Å². The molecule has 2 heterocycles. The van der Waals surface area contributed by atoms with Crippen LogP contribution in [0.1, 0.15) is 25.6 Å². The van der Waals surface area contributed by atoms with Crippen LogP contribution in [0.5, 0.6) is 0 Å². The van der Waals surface area contributed by atoms with Crippen molar-refractivity contribution in [1.29, 1.82) is 0 Å². The lowest BCUT2D eigenvalue weighted by atomic mass is 10.0. The number of rotatable bonds is 1. The van der Waals surface area contributed by atoms with Crippen molar-refractivity contribution >= 4 is 23.2 Å². The fraction of sp³-hybridized carbons (Fsp3) is 0.556. The van der Waals surface area contributed by atoms with Crippen LogP contribution in [0.4, 0.5) is 4.39 Å². The Balaban J connectivity index is 2.45. The van der Waals surface area contributed by atoms with Gasteiger partial charge in [0.05, 0.1) is 0 Å². The summed E-state index contributed by atoms with van der Waals surface area (Å²) < 4.78 is 18.6. The van der Waals surface area contributed by atoms with Gasteiger partial charge in [0, 0.05) is 6.61 Å². The van der Waals surface area contributed by atoms with Gasteiger partial charge in [-0.1, -0.05) is 23.2 Å². The van der Waals surface area contributed by atoms with Gasteiger partial charge in [0.2, 0.25) is 0 Å². The molecule has 1 saturated heterocycles. The van der Waals surface area contributed by atoms with Crippen LogP contribution in [0.3, 0.4) is 0 Å². The molecule has 1 unspecified atom stereocenters. The van der Waals surface area contributed by atoms with E-state index < -0.39 is 11.4 Å². The van der Waals surface area contributed by atoms with Crippen LogP contribution >= 0.6 is 23.2 Å². The molecule has 0 bridgehead atoms. The summed E-state index contributed by atoms with van der Waals surface area (Å²) in [4.78, 5) is 7.71. The third-order valence-corrected chi connectivity index (χ3v) is 2.96. The number of ether oxygens (including phenoxy) is 1. The van der Waals surface area contributed by atoms with Crippen molar-refractivity contribution in [2.45, 2.75) is 25.4 Å². The summed E-state index contributed by atoms with van der Waals surface area (Å²) in [7, 11) is 0. The van der Waals surface area contributed by atoms with E-state index in [0.29, 0.717) is 12.4 Å². The predicted octanol–water partition coefficient (Wildman–Crippen LogP) is 2.95. The first-order valence-corrected chi connectivity index (χ1v) is 5.31. The molecule has 1 atom stereocenters. The summed E-state index contributed by atoms with van der Waals surface area (Å²) in [5.74, 6) is -0.444. The highest BCUT2D eigenvalue weighted by atomic mass is 35.5. The van der Waals surface area contributed by atoms with Crippen molar-refractivity contribution in [3.8, 4) is 0 Å². The van der Waals surface area contributed by atoms with Gasteiger partial charge in [0.25, 0.3) is 0 Å². The minimum atomic E-state index is -0.788. The molecule has 1 aliphatic rings. The number of halogens is 3. The predicted molar refractivity (Wildman–Crippen MR) is 54.5 cm³/mol. The highest BCUT2D eigenvalue weighted by Crippen LogP contribution is 2.35. The lowest BCUT2D eigenvalue weighted by molar-refractivity contribution is 0.00920. The molecular formula is C9H9Cl2FN2O. The SMILES string of the molecule is CC1(c2nc(Cl)c(F)c(Cl)n2)CCCO1. The Morgan fingerprint density at radius 2 is 1.93 bits per heavy atom. The zero-order valence-electron chi connectivity index (χ0n) is 8.06. The van der Waals surface area contributed by atoms with E-state index in [1.807, 2.05) is 6.92 Å². The number of aromatic nitrogens is 2. The first-order valence-electron chi connectivity index (χ1n) is 4.56. The quantitative estimate of drug-likeness (QED) is 0.720. The molecule has 0 N–H and O–H groups in total. The molecule has 0 radical (unpaired) electrons. The Morgan fingerprint density at radius 3 is 2.40 bits per heavy atom. The van der Waals surface area contributed by atoms with Crippen LogP contribution in [0.25, 0.3) is 0 Å². The Bertz CT molecular complexity index is 371. The van der Waals surface area contributed by atoms with Gasteiger partial charge in [-0.3, -0.25) is 0 Å². The van der Waals surface area contributed by atoms with Crippen LogP contribution in [0.15, 0.2) is 0 Å². The zero-order valence-corrected chi connectivity index (χ0v) is 9.57. The largest absolute Gasteiger partial charge is 0.367 e. The average molecular weight is 251 g/mol. The monoisotopic (exact) mass is 250 g/mol. The van der Waals surface area contributed by atoms with E-state index in [1.165, 1.54) is 0 Å². The Kier molecular flexibility index (Phi) is 2.83. The van der Waals surface area contributed by atoms with Gasteiger partial charge in [-0.05, 0) is 19.8 Å². The third-order valence-electron chi connectivity index (χ3n) is 2.46. The van der Waals surface area contributed by atoms with Crippen LogP contribution in [-0.2, 0) is 10.3 Å². The second-order valence-electron chi connectivity index (χ2n) is 3.63. The topological polar surface area (TPSA) is 35.0 Å². The normalized spacial score (nSPS) is 25.9. The minimum Gasteiger partial charge on any atom is -0.367 e. The molecule has 0 amide bonds. The Hall–Kier alpha value is -0.450. The summed E-state index contributed by atoms with van der Waals surface area (Å²) in [5, 5.41) is -0.525. The van der Waals surface area contributed by atoms with Crippen LogP contribution in [-0.4, -0.2) is 16.6 Å². The minimum absolute atomic E-state index is 0.262. The van der Waals surface area contributed by atoms with Gasteiger partial charge in [0.15, 0.2) is 21.9 Å². The fourth-order valence-electron chi connectivity index (χ4n) is 1.59. The maximum Gasteiger partial charge on any atom is 0.197 e. The molecule has 1 aromatic heterocycles. The molecule has 0 saturated carbocycles. The number of hydrogen-bond acceptors (Lipinski definition) is 3. The molecule has 82 valence electrons. The fourth-order valence-corrected chi connectivity index (χ4v) is 1.97. The van der Waals surface area contributed by atoms with E-state index in [2.05, 4.69) is 9.97 Å². The van der Waals surface area contributed by atoms with Crippen molar-refractivity contribution in [3.63, 3.8) is 0 Å². The van der Waals surface area contributed by atoms with Crippen LogP contribution in [0, 0.1) is 5.82 Å². The third kappa shape index (κ3) is 1.94. The molecule has 15 heavy (non-hydrogen) atoms. The van der Waals surface area contributed by atoms with E-state index in [0.717, 1.165) is 12.8 Å². The van der Waals surface area contributed by atoms with E-state index in [-0.39, 0.29) is 10.3 Å². The zero-order chi connectivity index (χ0) is 11.1. The molecule has 1 aliphatic heterocycles. The Labute approximate surface area is 96.6 Å². The molecule has 2 rings (SSSR count). The first kappa shape index (κ1) is 11.0. The van der Waals surface area contributed by atoms with Crippen molar-refractivity contribution in [2.24, 2.45) is 0 Å². The highest BCUT2D eigenvalue weighted by molar-refractivity contribution is 6.33. The van der Waals surface area contributed by atoms with Crippen molar-refractivity contribution in [1.82, 2.24) is 9.97 Å². The molecule has 0 aliphatic carbocycles. The average Bonchev–Trinajstić information content (AvgIpc) is 2.62. The molecular weight excluding hydrogens is 242 g/mol. The molecule has 0 aromatic carbocycles. The molecule has 0 spiro atoms. The Morgan fingerprint density at radius 1 is 1.33 bits per heavy atom. The number of nitrogens with zero attached hydrogens (tertiary/aromatic N) is 2. The van der Waals surface area contributed by atoms with Gasteiger partial charge < -0.3 is 4.74 Å². The molecule has 1 aromatic rings. The maximum atomic E-state index is 13.1. The van der Waals surface area contributed by atoms with Gasteiger partial charge in [-0.25, -0.2) is 14.4 Å². The van der Waals surface area contributed by atoms with Crippen molar-refractivity contribution in [3.05, 3.63) is 21.9 Å². The summed E-state index contributed by atoms with van der Waals surface area (Å²) in [6.07, 6.45) is 1.71. The molecule has 3 nitrogen and oxygen atoms in total. The summed E-state index contributed by atoms with van der Waals surface area (Å²) in [6, 6.07) is 0. The maximum absolute atomic E-state index is 13.1. The molecule has 6 heteroatoms. The second-order valence-corrected chi connectivity index (χ2v) is 4.34. The highest BCUT2D eigenvalue weighted by Gasteiger charge is 2.35. The van der Waals surface area contributed by atoms with E-state index in [1.54, 1.807) is 0 Å². The van der Waals surface area contributed by atoms with Gasteiger partial charge in [-0.2, -0.15) is 0 Å². The van der Waals surface area contributed by atoms with Crippen molar-refractivity contribution in [2.75, 3.05) is 6.61 Å². The first-order chi connectivity index (χ1) is 7.03. The lowest BCUT2D eigenvalue weighted by Gasteiger charge is -2.21. The van der Waals surface area contributed by atoms with Crippen molar-refractivity contribution < 1.29 is 9.13 Å². The van der Waals surface area contributed by atoms with Gasteiger partial charge >= 0.3 is 0 Å². The second kappa shape index (κ2) is 3.85. The van der Waals surface area contributed by atoms with Gasteiger partial charge in [-0.15, -0.1) is 0 Å². The summed E-state index contributed by atoms with van der Waals surface area (Å²) >= 11 is 11.2. The van der Waals surface area contributed by atoms with Crippen LogP contribution in [0.2, 0.25) is 10.3 Å².